The average Bonchev–Trinajstić information content (AvgIpc) is 2.55. The molecular weight excluding hydrogens is 256 g/mol. The van der Waals surface area contributed by atoms with Crippen LogP contribution >= 0.6 is 0 Å². The molecule has 0 aliphatic heterocycles. The second-order valence-electron chi connectivity index (χ2n) is 5.44. The summed E-state index contributed by atoms with van der Waals surface area (Å²) in [5, 5.41) is 1.16. The molecule has 3 aromatic rings. The number of hydrogen-bond acceptors (Lipinski definition) is 2. The van der Waals surface area contributed by atoms with Gasteiger partial charge in [0.05, 0.1) is 5.52 Å². The smallest absolute Gasteiger partial charge is 0.0702 e. The average molecular weight is 276 g/mol. The Balaban J connectivity index is 1.62. The third-order valence-electron chi connectivity index (χ3n) is 3.88. The van der Waals surface area contributed by atoms with Gasteiger partial charge in [-0.05, 0) is 48.6 Å². The molecule has 1 unspecified atom stereocenters. The Kier molecular flexibility index (Phi) is 4.27. The van der Waals surface area contributed by atoms with Crippen LogP contribution < -0.4 is 5.73 Å². The van der Waals surface area contributed by atoms with Crippen LogP contribution in [0.3, 0.4) is 0 Å². The van der Waals surface area contributed by atoms with Crippen LogP contribution in [0.1, 0.15) is 30.0 Å². The summed E-state index contributed by atoms with van der Waals surface area (Å²) in [6.45, 7) is 0. The molecule has 0 aliphatic rings. The van der Waals surface area contributed by atoms with E-state index in [0.29, 0.717) is 0 Å². The zero-order valence-electron chi connectivity index (χ0n) is 12.1. The molecule has 0 radical (unpaired) electrons. The van der Waals surface area contributed by atoms with Gasteiger partial charge in [-0.15, -0.1) is 0 Å². The summed E-state index contributed by atoms with van der Waals surface area (Å²) >= 11 is 0. The molecular formula is C19H20N2. The van der Waals surface area contributed by atoms with E-state index in [2.05, 4.69) is 59.6 Å². The van der Waals surface area contributed by atoms with Gasteiger partial charge in [-0.2, -0.15) is 0 Å². The lowest BCUT2D eigenvalue weighted by Gasteiger charge is -2.12. The highest BCUT2D eigenvalue weighted by Gasteiger charge is 2.07. The van der Waals surface area contributed by atoms with Crippen molar-refractivity contribution in [3.05, 3.63) is 78.0 Å². The van der Waals surface area contributed by atoms with Crippen molar-refractivity contribution in [1.82, 2.24) is 4.98 Å². The third-order valence-corrected chi connectivity index (χ3v) is 3.88. The molecule has 0 spiro atoms. The van der Waals surface area contributed by atoms with Crippen LogP contribution in [-0.2, 0) is 6.42 Å². The number of aryl methyl sites for hydroxylation is 1. The first-order chi connectivity index (χ1) is 10.3. The van der Waals surface area contributed by atoms with Crippen molar-refractivity contribution in [2.75, 3.05) is 0 Å². The molecule has 0 bridgehead atoms. The molecule has 3 rings (SSSR count). The van der Waals surface area contributed by atoms with Gasteiger partial charge in [-0.3, -0.25) is 4.98 Å². The number of nitrogens with zero attached hydrogens (tertiary/aromatic N) is 1. The predicted octanol–water partition coefficient (Wildman–Crippen LogP) is 4.26. The second-order valence-corrected chi connectivity index (χ2v) is 5.44. The van der Waals surface area contributed by atoms with E-state index < -0.39 is 0 Å². The summed E-state index contributed by atoms with van der Waals surface area (Å²) in [4.78, 5) is 4.34. The lowest BCUT2D eigenvalue weighted by Crippen LogP contribution is -2.10. The van der Waals surface area contributed by atoms with E-state index in [1.54, 1.807) is 0 Å². The van der Waals surface area contributed by atoms with Gasteiger partial charge in [-0.1, -0.05) is 42.5 Å². The Labute approximate surface area is 125 Å². The number of pyridine rings is 1. The highest BCUT2D eigenvalue weighted by atomic mass is 14.7. The molecule has 0 saturated carbocycles. The van der Waals surface area contributed by atoms with Gasteiger partial charge >= 0.3 is 0 Å². The largest absolute Gasteiger partial charge is 0.324 e. The molecule has 0 saturated heterocycles. The van der Waals surface area contributed by atoms with Crippen molar-refractivity contribution in [2.45, 2.75) is 25.3 Å². The number of aromatic nitrogens is 1. The van der Waals surface area contributed by atoms with Crippen LogP contribution in [0.5, 0.6) is 0 Å². The zero-order chi connectivity index (χ0) is 14.5. The Morgan fingerprint density at radius 1 is 0.952 bits per heavy atom. The first-order valence-electron chi connectivity index (χ1n) is 7.47. The van der Waals surface area contributed by atoms with Gasteiger partial charge in [0.2, 0.25) is 0 Å². The Morgan fingerprint density at radius 2 is 1.81 bits per heavy atom. The van der Waals surface area contributed by atoms with E-state index in [-0.39, 0.29) is 6.04 Å². The summed E-state index contributed by atoms with van der Waals surface area (Å²) in [6.07, 6.45) is 5.02. The maximum Gasteiger partial charge on any atom is 0.0702 e. The van der Waals surface area contributed by atoms with Crippen LogP contribution in [0.4, 0.5) is 0 Å². The van der Waals surface area contributed by atoms with Crippen molar-refractivity contribution in [3.8, 4) is 0 Å². The van der Waals surface area contributed by atoms with E-state index in [0.717, 1.165) is 30.2 Å². The quantitative estimate of drug-likeness (QED) is 0.756. The van der Waals surface area contributed by atoms with Crippen molar-refractivity contribution in [1.29, 1.82) is 0 Å². The van der Waals surface area contributed by atoms with Gasteiger partial charge in [0.1, 0.15) is 0 Å². The van der Waals surface area contributed by atoms with E-state index in [4.69, 9.17) is 5.73 Å². The minimum absolute atomic E-state index is 0.0957. The summed E-state index contributed by atoms with van der Waals surface area (Å²) < 4.78 is 0. The van der Waals surface area contributed by atoms with Gasteiger partial charge in [0.15, 0.2) is 0 Å². The maximum absolute atomic E-state index is 6.33. The van der Waals surface area contributed by atoms with Crippen molar-refractivity contribution < 1.29 is 0 Å². The standard InChI is InChI=1S/C19H20N2/c20-18(10-4-8-15-6-2-1-3-7-15)16-11-12-19-17(14-16)9-5-13-21-19/h1-3,5-7,9,11-14,18H,4,8,10,20H2. The summed E-state index contributed by atoms with van der Waals surface area (Å²) in [6, 6.07) is 21.0. The van der Waals surface area contributed by atoms with Crippen LogP contribution in [-0.4, -0.2) is 4.98 Å². The maximum atomic E-state index is 6.33. The summed E-state index contributed by atoms with van der Waals surface area (Å²) in [7, 11) is 0. The molecule has 0 amide bonds. The number of nitrogens with two attached hydrogens (primary N) is 1. The molecule has 1 atom stereocenters. The van der Waals surface area contributed by atoms with Crippen LogP contribution in [0.25, 0.3) is 10.9 Å². The molecule has 1 heterocycles. The highest BCUT2D eigenvalue weighted by molar-refractivity contribution is 5.79. The van der Waals surface area contributed by atoms with Crippen molar-refractivity contribution >= 4 is 10.9 Å². The molecule has 1 aromatic heterocycles. The van der Waals surface area contributed by atoms with Crippen LogP contribution in [0.2, 0.25) is 0 Å². The van der Waals surface area contributed by atoms with E-state index >= 15 is 0 Å². The van der Waals surface area contributed by atoms with Gasteiger partial charge < -0.3 is 5.73 Å². The van der Waals surface area contributed by atoms with E-state index in [9.17, 15) is 0 Å². The molecule has 2 nitrogen and oxygen atoms in total. The number of hydrogen-bond donors (Lipinski definition) is 1. The topological polar surface area (TPSA) is 38.9 Å². The molecule has 2 aromatic carbocycles. The van der Waals surface area contributed by atoms with Crippen LogP contribution in [0, 0.1) is 0 Å². The first kappa shape index (κ1) is 13.8. The SMILES string of the molecule is NC(CCCc1ccccc1)c1ccc2ncccc2c1. The molecule has 21 heavy (non-hydrogen) atoms. The fourth-order valence-corrected chi connectivity index (χ4v) is 2.66. The van der Waals surface area contributed by atoms with Gasteiger partial charge in [0, 0.05) is 17.6 Å². The minimum atomic E-state index is 0.0957. The molecule has 0 fully saturated rings. The minimum Gasteiger partial charge on any atom is -0.324 e. The zero-order valence-corrected chi connectivity index (χ0v) is 12.1. The van der Waals surface area contributed by atoms with Gasteiger partial charge in [0.25, 0.3) is 0 Å². The summed E-state index contributed by atoms with van der Waals surface area (Å²) in [5.41, 5.74) is 9.94. The normalized spacial score (nSPS) is 12.4. The fourth-order valence-electron chi connectivity index (χ4n) is 2.66. The van der Waals surface area contributed by atoms with E-state index in [1.807, 2.05) is 12.3 Å². The van der Waals surface area contributed by atoms with Crippen LogP contribution in [0.15, 0.2) is 66.9 Å². The van der Waals surface area contributed by atoms with E-state index in [1.165, 1.54) is 11.1 Å². The summed E-state index contributed by atoms with van der Waals surface area (Å²) in [5.74, 6) is 0. The number of fused-ring (bicyclic) bond motifs is 1. The number of benzene rings is 2. The molecule has 2 heteroatoms. The third kappa shape index (κ3) is 3.47. The predicted molar refractivity (Wildman–Crippen MR) is 88.1 cm³/mol. The lowest BCUT2D eigenvalue weighted by molar-refractivity contribution is 0.612. The van der Waals surface area contributed by atoms with Crippen molar-refractivity contribution in [2.24, 2.45) is 5.73 Å². The number of rotatable bonds is 5. The Hall–Kier alpha value is -2.19. The second kappa shape index (κ2) is 6.51. The fraction of sp³-hybridized carbons (Fsp3) is 0.211. The molecule has 2 N–H and O–H groups in total. The van der Waals surface area contributed by atoms with Gasteiger partial charge in [-0.25, -0.2) is 0 Å². The molecule has 106 valence electrons. The van der Waals surface area contributed by atoms with Crippen molar-refractivity contribution in [3.63, 3.8) is 0 Å². The Bertz CT molecular complexity index is 707. The highest BCUT2D eigenvalue weighted by Crippen LogP contribution is 2.21. The monoisotopic (exact) mass is 276 g/mol. The Morgan fingerprint density at radius 3 is 2.67 bits per heavy atom. The first-order valence-corrected chi connectivity index (χ1v) is 7.47. The molecule has 0 aliphatic carbocycles. The lowest BCUT2D eigenvalue weighted by atomic mass is 9.98.